The Labute approximate surface area is 89.7 Å². The summed E-state index contributed by atoms with van der Waals surface area (Å²) in [4.78, 5) is 0. The van der Waals surface area contributed by atoms with Crippen molar-refractivity contribution in [3.8, 4) is 5.75 Å². The minimum atomic E-state index is 0.0424. The number of methoxy groups -OCH3 is 1. The van der Waals surface area contributed by atoms with Crippen LogP contribution in [0.25, 0.3) is 10.8 Å². The maximum atomic E-state index is 5.93. The molecule has 0 saturated heterocycles. The molecule has 0 fully saturated rings. The van der Waals surface area contributed by atoms with Gasteiger partial charge in [0.2, 0.25) is 0 Å². The van der Waals surface area contributed by atoms with E-state index in [1.54, 1.807) is 7.11 Å². The minimum absolute atomic E-state index is 0.0424. The van der Waals surface area contributed by atoms with Crippen molar-refractivity contribution < 1.29 is 4.74 Å². The highest BCUT2D eigenvalue weighted by molar-refractivity contribution is 5.91. The summed E-state index contributed by atoms with van der Waals surface area (Å²) >= 11 is 0. The zero-order chi connectivity index (χ0) is 10.8. The van der Waals surface area contributed by atoms with Gasteiger partial charge in [0.1, 0.15) is 5.75 Å². The number of ether oxygens (including phenoxy) is 1. The summed E-state index contributed by atoms with van der Waals surface area (Å²) in [5.41, 5.74) is 7.09. The third-order valence-electron chi connectivity index (χ3n) is 2.63. The molecule has 2 rings (SSSR count). The maximum absolute atomic E-state index is 5.93. The lowest BCUT2D eigenvalue weighted by Crippen LogP contribution is -2.05. The summed E-state index contributed by atoms with van der Waals surface area (Å²) in [7, 11) is 1.69. The third-order valence-corrected chi connectivity index (χ3v) is 2.63. The lowest BCUT2D eigenvalue weighted by molar-refractivity contribution is 0.419. The van der Waals surface area contributed by atoms with Gasteiger partial charge in [-0.25, -0.2) is 0 Å². The van der Waals surface area contributed by atoms with E-state index in [0.717, 1.165) is 16.7 Å². The first-order valence-electron chi connectivity index (χ1n) is 5.05. The van der Waals surface area contributed by atoms with E-state index in [-0.39, 0.29) is 6.04 Å². The molecule has 0 saturated carbocycles. The fraction of sp³-hybridized carbons (Fsp3) is 0.231. The first kappa shape index (κ1) is 9.99. The van der Waals surface area contributed by atoms with E-state index in [4.69, 9.17) is 10.5 Å². The molecule has 0 amide bonds. The summed E-state index contributed by atoms with van der Waals surface area (Å²) in [5.74, 6) is 0.898. The summed E-state index contributed by atoms with van der Waals surface area (Å²) in [6, 6.07) is 12.2. The van der Waals surface area contributed by atoms with Gasteiger partial charge in [0.15, 0.2) is 0 Å². The van der Waals surface area contributed by atoms with Crippen LogP contribution in [-0.2, 0) is 0 Å². The van der Waals surface area contributed by atoms with Crippen molar-refractivity contribution in [2.24, 2.45) is 5.73 Å². The Hall–Kier alpha value is -1.54. The molecule has 0 aliphatic carbocycles. The zero-order valence-corrected chi connectivity index (χ0v) is 9.03. The van der Waals surface area contributed by atoms with E-state index < -0.39 is 0 Å². The SMILES string of the molecule is COc1ccc([C@H](C)N)c2ccccc12. The van der Waals surface area contributed by atoms with Crippen LogP contribution in [0.5, 0.6) is 5.75 Å². The van der Waals surface area contributed by atoms with Crippen LogP contribution in [0.2, 0.25) is 0 Å². The number of benzene rings is 2. The molecule has 2 aromatic carbocycles. The lowest BCUT2D eigenvalue weighted by atomic mass is 9.99. The molecule has 0 aliphatic rings. The number of hydrogen-bond acceptors (Lipinski definition) is 2. The Morgan fingerprint density at radius 2 is 1.73 bits per heavy atom. The van der Waals surface area contributed by atoms with Crippen molar-refractivity contribution in [2.45, 2.75) is 13.0 Å². The van der Waals surface area contributed by atoms with Crippen LogP contribution in [-0.4, -0.2) is 7.11 Å². The Bertz CT molecular complexity index is 477. The molecule has 0 unspecified atom stereocenters. The van der Waals surface area contributed by atoms with Gasteiger partial charge in [0.05, 0.1) is 7.11 Å². The quantitative estimate of drug-likeness (QED) is 0.810. The Morgan fingerprint density at radius 1 is 1.07 bits per heavy atom. The highest BCUT2D eigenvalue weighted by atomic mass is 16.5. The van der Waals surface area contributed by atoms with Crippen molar-refractivity contribution in [1.29, 1.82) is 0 Å². The van der Waals surface area contributed by atoms with Gasteiger partial charge >= 0.3 is 0 Å². The van der Waals surface area contributed by atoms with Gasteiger partial charge < -0.3 is 10.5 Å². The van der Waals surface area contributed by atoms with Crippen molar-refractivity contribution >= 4 is 10.8 Å². The summed E-state index contributed by atoms with van der Waals surface area (Å²) < 4.78 is 5.32. The predicted molar refractivity (Wildman–Crippen MR) is 63.1 cm³/mol. The standard InChI is InChI=1S/C13H15NO/c1-9(14)10-7-8-13(15-2)12-6-4-3-5-11(10)12/h3-9H,14H2,1-2H3/t9-/m0/s1. The summed E-state index contributed by atoms with van der Waals surface area (Å²) in [6.07, 6.45) is 0. The zero-order valence-electron chi connectivity index (χ0n) is 9.03. The van der Waals surface area contributed by atoms with Crippen LogP contribution in [0.1, 0.15) is 18.5 Å². The number of nitrogens with two attached hydrogens (primary N) is 1. The summed E-state index contributed by atoms with van der Waals surface area (Å²) in [6.45, 7) is 1.99. The molecule has 15 heavy (non-hydrogen) atoms. The molecule has 78 valence electrons. The van der Waals surface area contributed by atoms with Crippen molar-refractivity contribution in [3.63, 3.8) is 0 Å². The average Bonchev–Trinajstić information content (AvgIpc) is 2.27. The van der Waals surface area contributed by atoms with Gasteiger partial charge in [-0.1, -0.05) is 30.3 Å². The van der Waals surface area contributed by atoms with Crippen molar-refractivity contribution in [3.05, 3.63) is 42.0 Å². The fourth-order valence-electron chi connectivity index (χ4n) is 1.87. The molecule has 2 N–H and O–H groups in total. The van der Waals surface area contributed by atoms with Gasteiger partial charge in [-0.15, -0.1) is 0 Å². The Kier molecular flexibility index (Phi) is 2.60. The largest absolute Gasteiger partial charge is 0.496 e. The van der Waals surface area contributed by atoms with E-state index in [0.29, 0.717) is 0 Å². The second-order valence-electron chi connectivity index (χ2n) is 3.69. The molecule has 2 heteroatoms. The predicted octanol–water partition coefficient (Wildman–Crippen LogP) is 2.87. The van der Waals surface area contributed by atoms with Gasteiger partial charge in [-0.3, -0.25) is 0 Å². The molecule has 0 aliphatic heterocycles. The van der Waals surface area contributed by atoms with Gasteiger partial charge in [-0.05, 0) is 23.9 Å². The highest BCUT2D eigenvalue weighted by Gasteiger charge is 2.08. The molecule has 1 atom stereocenters. The molecule has 0 spiro atoms. The van der Waals surface area contributed by atoms with Crippen molar-refractivity contribution in [1.82, 2.24) is 0 Å². The molecule has 0 bridgehead atoms. The van der Waals surface area contributed by atoms with E-state index >= 15 is 0 Å². The number of fused-ring (bicyclic) bond motifs is 1. The van der Waals surface area contributed by atoms with E-state index in [1.807, 2.05) is 31.2 Å². The first-order chi connectivity index (χ1) is 7.24. The number of rotatable bonds is 2. The van der Waals surface area contributed by atoms with Gasteiger partial charge in [0.25, 0.3) is 0 Å². The van der Waals surface area contributed by atoms with Crippen LogP contribution in [0, 0.1) is 0 Å². The monoisotopic (exact) mass is 201 g/mol. The van der Waals surface area contributed by atoms with Crippen LogP contribution in [0.15, 0.2) is 36.4 Å². The second-order valence-corrected chi connectivity index (χ2v) is 3.69. The average molecular weight is 201 g/mol. The molecule has 0 radical (unpaired) electrons. The van der Waals surface area contributed by atoms with Crippen molar-refractivity contribution in [2.75, 3.05) is 7.11 Å². The fourth-order valence-corrected chi connectivity index (χ4v) is 1.87. The molecular weight excluding hydrogens is 186 g/mol. The Balaban J connectivity index is 2.77. The Morgan fingerprint density at radius 3 is 2.33 bits per heavy atom. The molecular formula is C13H15NO. The topological polar surface area (TPSA) is 35.2 Å². The number of hydrogen-bond donors (Lipinski definition) is 1. The van der Waals surface area contributed by atoms with Crippen LogP contribution in [0.4, 0.5) is 0 Å². The third kappa shape index (κ3) is 1.68. The van der Waals surface area contributed by atoms with Gasteiger partial charge in [-0.2, -0.15) is 0 Å². The molecule has 2 aromatic rings. The second kappa shape index (κ2) is 3.91. The lowest BCUT2D eigenvalue weighted by Gasteiger charge is -2.12. The van der Waals surface area contributed by atoms with E-state index in [2.05, 4.69) is 12.1 Å². The van der Waals surface area contributed by atoms with E-state index in [1.165, 1.54) is 5.39 Å². The van der Waals surface area contributed by atoms with E-state index in [9.17, 15) is 0 Å². The first-order valence-corrected chi connectivity index (χ1v) is 5.05. The van der Waals surface area contributed by atoms with Crippen LogP contribution < -0.4 is 10.5 Å². The van der Waals surface area contributed by atoms with Crippen LogP contribution in [0.3, 0.4) is 0 Å². The maximum Gasteiger partial charge on any atom is 0.126 e. The molecule has 0 heterocycles. The normalized spacial score (nSPS) is 12.7. The van der Waals surface area contributed by atoms with Crippen LogP contribution >= 0.6 is 0 Å². The summed E-state index contributed by atoms with van der Waals surface area (Å²) in [5, 5.41) is 2.29. The minimum Gasteiger partial charge on any atom is -0.496 e. The molecule has 2 nitrogen and oxygen atoms in total. The smallest absolute Gasteiger partial charge is 0.126 e. The highest BCUT2D eigenvalue weighted by Crippen LogP contribution is 2.30. The molecule has 0 aromatic heterocycles. The van der Waals surface area contributed by atoms with Gasteiger partial charge in [0, 0.05) is 11.4 Å².